The monoisotopic (exact) mass is 529 g/mol. The van der Waals surface area contributed by atoms with E-state index in [9.17, 15) is 14.0 Å². The van der Waals surface area contributed by atoms with Gasteiger partial charge < -0.3 is 23.9 Å². The van der Waals surface area contributed by atoms with E-state index in [2.05, 4.69) is 15.1 Å². The van der Waals surface area contributed by atoms with E-state index in [0.717, 1.165) is 22.8 Å². The van der Waals surface area contributed by atoms with Crippen LogP contribution in [0.3, 0.4) is 0 Å². The summed E-state index contributed by atoms with van der Waals surface area (Å²) >= 11 is 0. The van der Waals surface area contributed by atoms with Crippen molar-refractivity contribution in [3.8, 4) is 17.0 Å². The van der Waals surface area contributed by atoms with Gasteiger partial charge in [-0.15, -0.1) is 10.2 Å². The number of carbonyl (C=O) groups is 2. The maximum atomic E-state index is 13.4. The Morgan fingerprint density at radius 1 is 0.974 bits per heavy atom. The van der Waals surface area contributed by atoms with E-state index < -0.39 is 5.91 Å². The van der Waals surface area contributed by atoms with Gasteiger partial charge in [0.05, 0.1) is 19.1 Å². The smallest absolute Gasteiger partial charge is 0.290 e. The van der Waals surface area contributed by atoms with Crippen molar-refractivity contribution in [1.82, 2.24) is 20.0 Å². The number of carbonyl (C=O) groups excluding carboxylic acids is 2. The summed E-state index contributed by atoms with van der Waals surface area (Å²) in [7, 11) is 1.62. The first-order chi connectivity index (χ1) is 19.0. The SMILES string of the molecule is COc1cccc(-c2ccc(N3CCN(C(=O)CN(Cc4ccc(F)cc4)C(=O)c4ccco4)CC3)nn2)c1. The van der Waals surface area contributed by atoms with Crippen LogP contribution >= 0.6 is 0 Å². The third kappa shape index (κ3) is 6.23. The molecule has 0 atom stereocenters. The summed E-state index contributed by atoms with van der Waals surface area (Å²) in [5.74, 6) is 0.696. The fourth-order valence-electron chi connectivity index (χ4n) is 4.44. The maximum absolute atomic E-state index is 13.4. The highest BCUT2D eigenvalue weighted by atomic mass is 19.1. The van der Waals surface area contributed by atoms with Crippen LogP contribution in [-0.4, -0.2) is 71.6 Å². The van der Waals surface area contributed by atoms with Crippen molar-refractivity contribution in [2.24, 2.45) is 0 Å². The Morgan fingerprint density at radius 2 is 1.77 bits per heavy atom. The van der Waals surface area contributed by atoms with Gasteiger partial charge >= 0.3 is 0 Å². The third-order valence-corrected chi connectivity index (χ3v) is 6.60. The Hall–Kier alpha value is -4.73. The summed E-state index contributed by atoms with van der Waals surface area (Å²) in [5, 5.41) is 8.78. The fraction of sp³-hybridized carbons (Fsp3) is 0.241. The summed E-state index contributed by atoms with van der Waals surface area (Å²) < 4.78 is 23.9. The number of piperazine rings is 1. The number of hydrogen-bond acceptors (Lipinski definition) is 7. The Balaban J connectivity index is 1.20. The van der Waals surface area contributed by atoms with Crippen molar-refractivity contribution in [1.29, 1.82) is 0 Å². The van der Waals surface area contributed by atoms with E-state index in [1.807, 2.05) is 36.4 Å². The molecule has 3 heterocycles. The molecule has 2 amide bonds. The lowest BCUT2D eigenvalue weighted by molar-refractivity contribution is -0.132. The second kappa shape index (κ2) is 11.8. The van der Waals surface area contributed by atoms with E-state index in [1.54, 1.807) is 36.3 Å². The van der Waals surface area contributed by atoms with E-state index in [4.69, 9.17) is 9.15 Å². The van der Waals surface area contributed by atoms with Gasteiger partial charge in [-0.1, -0.05) is 24.3 Å². The standard InChI is InChI=1S/C29H28FN5O4/c1-38-24-5-2-4-22(18-24)25-11-12-27(32-31-25)33-13-15-34(16-14-33)28(36)20-35(29(37)26-6-3-17-39-26)19-21-7-9-23(30)10-8-21/h2-12,17-18H,13-16,19-20H2,1H3. The van der Waals surface area contributed by atoms with Crippen LogP contribution < -0.4 is 9.64 Å². The predicted octanol–water partition coefficient (Wildman–Crippen LogP) is 3.88. The molecule has 1 saturated heterocycles. The normalized spacial score (nSPS) is 13.3. The van der Waals surface area contributed by atoms with Gasteiger partial charge in [-0.05, 0) is 54.1 Å². The van der Waals surface area contributed by atoms with Crippen LogP contribution in [0.2, 0.25) is 0 Å². The Morgan fingerprint density at radius 3 is 2.44 bits per heavy atom. The first-order valence-electron chi connectivity index (χ1n) is 12.6. The van der Waals surface area contributed by atoms with E-state index in [0.29, 0.717) is 31.7 Å². The molecule has 200 valence electrons. The molecule has 1 aliphatic rings. The minimum Gasteiger partial charge on any atom is -0.497 e. The molecule has 5 rings (SSSR count). The lowest BCUT2D eigenvalue weighted by Gasteiger charge is -2.36. The Kier molecular flexibility index (Phi) is 7.81. The number of aromatic nitrogens is 2. The van der Waals surface area contributed by atoms with Gasteiger partial charge in [-0.25, -0.2) is 4.39 Å². The molecule has 1 fully saturated rings. The largest absolute Gasteiger partial charge is 0.497 e. The summed E-state index contributed by atoms with van der Waals surface area (Å²) in [6.07, 6.45) is 1.41. The second-order valence-electron chi connectivity index (χ2n) is 9.14. The quantitative estimate of drug-likeness (QED) is 0.342. The van der Waals surface area contributed by atoms with Crippen LogP contribution in [0.5, 0.6) is 5.75 Å². The van der Waals surface area contributed by atoms with Gasteiger partial charge in [0.15, 0.2) is 11.6 Å². The van der Waals surface area contributed by atoms with Gasteiger partial charge in [-0.3, -0.25) is 9.59 Å². The molecule has 39 heavy (non-hydrogen) atoms. The first kappa shape index (κ1) is 25.9. The number of benzene rings is 2. The number of halogens is 1. The van der Waals surface area contributed by atoms with Crippen LogP contribution in [-0.2, 0) is 11.3 Å². The summed E-state index contributed by atoms with van der Waals surface area (Å²) in [6, 6.07) is 20.5. The van der Waals surface area contributed by atoms with Crippen molar-refractivity contribution >= 4 is 17.6 Å². The second-order valence-corrected chi connectivity index (χ2v) is 9.14. The predicted molar refractivity (Wildman–Crippen MR) is 143 cm³/mol. The fourth-order valence-corrected chi connectivity index (χ4v) is 4.44. The molecular formula is C29H28FN5O4. The zero-order valence-electron chi connectivity index (χ0n) is 21.5. The number of methoxy groups -OCH3 is 1. The zero-order valence-corrected chi connectivity index (χ0v) is 21.5. The highest BCUT2D eigenvalue weighted by Gasteiger charge is 2.27. The lowest BCUT2D eigenvalue weighted by Crippen LogP contribution is -2.52. The highest BCUT2D eigenvalue weighted by Crippen LogP contribution is 2.23. The highest BCUT2D eigenvalue weighted by molar-refractivity contribution is 5.94. The Bertz CT molecular complexity index is 1400. The molecule has 0 radical (unpaired) electrons. The first-order valence-corrected chi connectivity index (χ1v) is 12.6. The minimum atomic E-state index is -0.400. The van der Waals surface area contributed by atoms with Crippen LogP contribution in [0.15, 0.2) is 83.5 Å². The lowest BCUT2D eigenvalue weighted by atomic mass is 10.1. The summed E-state index contributed by atoms with van der Waals surface area (Å²) in [6.45, 7) is 2.17. The molecule has 2 aromatic carbocycles. The molecule has 2 aromatic heterocycles. The molecule has 4 aromatic rings. The van der Waals surface area contributed by atoms with Gasteiger partial charge in [0.25, 0.3) is 5.91 Å². The maximum Gasteiger partial charge on any atom is 0.290 e. The van der Waals surface area contributed by atoms with E-state index >= 15 is 0 Å². The molecule has 0 aliphatic carbocycles. The topological polar surface area (TPSA) is 92.0 Å². The molecule has 0 spiro atoms. The van der Waals surface area contributed by atoms with Crippen molar-refractivity contribution in [3.63, 3.8) is 0 Å². The minimum absolute atomic E-state index is 0.119. The molecule has 0 bridgehead atoms. The summed E-state index contributed by atoms with van der Waals surface area (Å²) in [5.41, 5.74) is 2.37. The molecular weight excluding hydrogens is 501 g/mol. The van der Waals surface area contributed by atoms with E-state index in [-0.39, 0.29) is 30.6 Å². The van der Waals surface area contributed by atoms with Crippen LogP contribution in [0, 0.1) is 5.82 Å². The van der Waals surface area contributed by atoms with Crippen LogP contribution in [0.25, 0.3) is 11.3 Å². The number of furan rings is 1. The zero-order chi connectivity index (χ0) is 27.2. The molecule has 0 saturated carbocycles. The molecule has 1 aliphatic heterocycles. The van der Waals surface area contributed by atoms with Gasteiger partial charge in [-0.2, -0.15) is 0 Å². The summed E-state index contributed by atoms with van der Waals surface area (Å²) in [4.78, 5) is 31.5. The molecule has 10 heteroatoms. The van der Waals surface area contributed by atoms with Crippen molar-refractivity contribution in [3.05, 3.63) is 96.2 Å². The number of hydrogen-bond donors (Lipinski definition) is 0. The van der Waals surface area contributed by atoms with Crippen molar-refractivity contribution < 1.29 is 23.1 Å². The van der Waals surface area contributed by atoms with Gasteiger partial charge in [0.2, 0.25) is 5.91 Å². The van der Waals surface area contributed by atoms with Gasteiger partial charge in [0.1, 0.15) is 18.1 Å². The van der Waals surface area contributed by atoms with Crippen molar-refractivity contribution in [2.45, 2.75) is 6.54 Å². The van der Waals surface area contributed by atoms with Crippen molar-refractivity contribution in [2.75, 3.05) is 44.7 Å². The number of rotatable bonds is 8. The van der Waals surface area contributed by atoms with E-state index in [1.165, 1.54) is 23.3 Å². The van der Waals surface area contributed by atoms with Gasteiger partial charge in [0, 0.05) is 38.3 Å². The molecule has 0 N–H and O–H groups in total. The number of amides is 2. The number of nitrogens with zero attached hydrogens (tertiary/aromatic N) is 5. The molecule has 0 unspecified atom stereocenters. The van der Waals surface area contributed by atoms with Crippen LogP contribution in [0.4, 0.5) is 10.2 Å². The average Bonchev–Trinajstić information content (AvgIpc) is 3.53. The number of ether oxygens (including phenoxy) is 1. The molecule has 9 nitrogen and oxygen atoms in total. The van der Waals surface area contributed by atoms with Crippen LogP contribution in [0.1, 0.15) is 16.1 Å². The third-order valence-electron chi connectivity index (χ3n) is 6.60. The Labute approximate surface area is 225 Å². The number of anilines is 1. The average molecular weight is 530 g/mol.